The molecule has 0 atom stereocenters. The first-order valence-corrected chi connectivity index (χ1v) is 4.73. The summed E-state index contributed by atoms with van der Waals surface area (Å²) in [6.07, 6.45) is -0.0150. The Morgan fingerprint density at radius 2 is 2.13 bits per heavy atom. The van der Waals surface area contributed by atoms with Gasteiger partial charge in [0.25, 0.3) is 0 Å². The van der Waals surface area contributed by atoms with Crippen molar-refractivity contribution in [3.05, 3.63) is 28.5 Å². The molecule has 0 unspecified atom stereocenters. The first-order chi connectivity index (χ1) is 6.91. The predicted molar refractivity (Wildman–Crippen MR) is 58.2 cm³/mol. The van der Waals surface area contributed by atoms with Gasteiger partial charge in [0.15, 0.2) is 0 Å². The number of benzene rings is 1. The van der Waals surface area contributed by atoms with E-state index in [1.807, 2.05) is 0 Å². The van der Waals surface area contributed by atoms with Crippen molar-refractivity contribution in [2.75, 3.05) is 19.8 Å². The van der Waals surface area contributed by atoms with Gasteiger partial charge in [0.1, 0.15) is 5.82 Å². The Morgan fingerprint density at radius 3 is 2.67 bits per heavy atom. The highest BCUT2D eigenvalue weighted by Gasteiger charge is 2.12. The van der Waals surface area contributed by atoms with Gasteiger partial charge in [-0.1, -0.05) is 11.6 Å². The molecule has 0 spiro atoms. The van der Waals surface area contributed by atoms with Crippen LogP contribution in [-0.4, -0.2) is 24.9 Å². The minimum absolute atomic E-state index is 0.0150. The Labute approximate surface area is 92.6 Å². The van der Waals surface area contributed by atoms with Crippen molar-refractivity contribution in [1.82, 2.24) is 4.90 Å². The van der Waals surface area contributed by atoms with Crippen molar-refractivity contribution in [2.45, 2.75) is 6.42 Å². The van der Waals surface area contributed by atoms with E-state index in [0.29, 0.717) is 0 Å². The van der Waals surface area contributed by atoms with Crippen LogP contribution in [0.5, 0.6) is 0 Å². The van der Waals surface area contributed by atoms with Crippen molar-refractivity contribution in [1.29, 1.82) is 0 Å². The fourth-order valence-electron chi connectivity index (χ4n) is 1.06. The molecule has 0 aliphatic heterocycles. The van der Waals surface area contributed by atoms with Crippen LogP contribution in [0.3, 0.4) is 0 Å². The number of halogens is 2. The summed E-state index contributed by atoms with van der Waals surface area (Å²) in [4.78, 5) is 12.7. The zero-order chi connectivity index (χ0) is 11.6. The monoisotopic (exact) mass is 230 g/mol. The van der Waals surface area contributed by atoms with E-state index in [-0.39, 0.29) is 28.6 Å². The Hall–Kier alpha value is -1.29. The van der Waals surface area contributed by atoms with E-state index in [4.69, 9.17) is 17.3 Å². The quantitative estimate of drug-likeness (QED) is 0.786. The third-order valence-corrected chi connectivity index (χ3v) is 2.33. The summed E-state index contributed by atoms with van der Waals surface area (Å²) in [5.74, 6) is -0.693. The Morgan fingerprint density at radius 1 is 1.53 bits per heavy atom. The van der Waals surface area contributed by atoms with Gasteiger partial charge in [-0.15, -0.1) is 0 Å². The lowest BCUT2D eigenvalue weighted by Crippen LogP contribution is -2.23. The maximum Gasteiger partial charge on any atom is 0.226 e. The molecule has 5 heteroatoms. The van der Waals surface area contributed by atoms with Crippen molar-refractivity contribution < 1.29 is 9.18 Å². The summed E-state index contributed by atoms with van der Waals surface area (Å²) in [5.41, 5.74) is 5.85. The molecule has 0 saturated carbocycles. The maximum atomic E-state index is 13.3. The number of rotatable bonds is 2. The second-order valence-corrected chi connectivity index (χ2v) is 3.84. The van der Waals surface area contributed by atoms with Gasteiger partial charge in [-0.3, -0.25) is 4.79 Å². The van der Waals surface area contributed by atoms with Gasteiger partial charge >= 0.3 is 0 Å². The van der Waals surface area contributed by atoms with Gasteiger partial charge in [-0.25, -0.2) is 4.39 Å². The third-order valence-electron chi connectivity index (χ3n) is 2.01. The van der Waals surface area contributed by atoms with E-state index in [9.17, 15) is 9.18 Å². The van der Waals surface area contributed by atoms with Gasteiger partial charge in [0, 0.05) is 14.1 Å². The summed E-state index contributed by atoms with van der Waals surface area (Å²) in [6, 6.07) is 2.51. The summed E-state index contributed by atoms with van der Waals surface area (Å²) >= 11 is 5.73. The molecule has 0 aliphatic rings. The summed E-state index contributed by atoms with van der Waals surface area (Å²) in [6.45, 7) is 0. The number of likely N-dealkylation sites (N-methyl/N-ethyl adjacent to an activating group) is 1. The summed E-state index contributed by atoms with van der Waals surface area (Å²) < 4.78 is 13.3. The normalized spacial score (nSPS) is 10.1. The molecule has 1 aromatic carbocycles. The minimum atomic E-state index is -0.507. The standard InChI is InChI=1S/C10H12ClFN2O/c1-14(2)10(15)4-6-3-7(11)9(13)5-8(6)12/h3,5H,4,13H2,1-2H3. The van der Waals surface area contributed by atoms with Gasteiger partial charge in [0.2, 0.25) is 5.91 Å². The van der Waals surface area contributed by atoms with Crippen LogP contribution in [0.15, 0.2) is 12.1 Å². The second kappa shape index (κ2) is 4.49. The first-order valence-electron chi connectivity index (χ1n) is 4.35. The fraction of sp³-hybridized carbons (Fsp3) is 0.300. The molecule has 0 radical (unpaired) electrons. The molecule has 0 saturated heterocycles. The van der Waals surface area contributed by atoms with E-state index >= 15 is 0 Å². The van der Waals surface area contributed by atoms with Crippen LogP contribution in [0.4, 0.5) is 10.1 Å². The van der Waals surface area contributed by atoms with Crippen LogP contribution in [-0.2, 0) is 11.2 Å². The molecule has 2 N–H and O–H groups in total. The van der Waals surface area contributed by atoms with Gasteiger partial charge < -0.3 is 10.6 Å². The van der Waals surface area contributed by atoms with Crippen LogP contribution in [0, 0.1) is 5.82 Å². The van der Waals surface area contributed by atoms with Gasteiger partial charge in [0.05, 0.1) is 17.1 Å². The van der Waals surface area contributed by atoms with Crippen molar-refractivity contribution in [2.24, 2.45) is 0 Å². The van der Waals surface area contributed by atoms with E-state index in [0.717, 1.165) is 6.07 Å². The number of hydrogen-bond donors (Lipinski definition) is 1. The number of hydrogen-bond acceptors (Lipinski definition) is 2. The van der Waals surface area contributed by atoms with E-state index in [2.05, 4.69) is 0 Å². The van der Waals surface area contributed by atoms with E-state index in [1.165, 1.54) is 11.0 Å². The molecule has 1 amide bonds. The van der Waals surface area contributed by atoms with Gasteiger partial charge in [-0.2, -0.15) is 0 Å². The maximum absolute atomic E-state index is 13.3. The zero-order valence-corrected chi connectivity index (χ0v) is 9.31. The molecule has 1 rings (SSSR count). The summed E-state index contributed by atoms with van der Waals surface area (Å²) in [5, 5.41) is 0.262. The number of anilines is 1. The minimum Gasteiger partial charge on any atom is -0.397 e. The molecule has 0 heterocycles. The predicted octanol–water partition coefficient (Wildman–Crippen LogP) is 1.69. The first kappa shape index (κ1) is 11.8. The average molecular weight is 231 g/mol. The lowest BCUT2D eigenvalue weighted by molar-refractivity contribution is -0.128. The Balaban J connectivity index is 2.96. The number of nitrogens with two attached hydrogens (primary N) is 1. The fourth-order valence-corrected chi connectivity index (χ4v) is 1.25. The molecular formula is C10H12ClFN2O. The van der Waals surface area contributed by atoms with Crippen molar-refractivity contribution >= 4 is 23.2 Å². The SMILES string of the molecule is CN(C)C(=O)Cc1cc(Cl)c(N)cc1F. The smallest absolute Gasteiger partial charge is 0.226 e. The number of carbonyl (C=O) groups excluding carboxylic acids is 1. The number of nitrogens with zero attached hydrogens (tertiary/aromatic N) is 1. The molecule has 0 bridgehead atoms. The van der Waals surface area contributed by atoms with Crippen LogP contribution in [0.2, 0.25) is 5.02 Å². The van der Waals surface area contributed by atoms with E-state index < -0.39 is 5.82 Å². The molecule has 0 aromatic heterocycles. The molecular weight excluding hydrogens is 219 g/mol. The lowest BCUT2D eigenvalue weighted by Gasteiger charge is -2.11. The highest BCUT2D eigenvalue weighted by atomic mass is 35.5. The van der Waals surface area contributed by atoms with Crippen molar-refractivity contribution in [3.8, 4) is 0 Å². The summed E-state index contributed by atoms with van der Waals surface area (Å²) in [7, 11) is 3.22. The third kappa shape index (κ3) is 2.83. The van der Waals surface area contributed by atoms with E-state index in [1.54, 1.807) is 14.1 Å². The topological polar surface area (TPSA) is 46.3 Å². The average Bonchev–Trinajstić information content (AvgIpc) is 2.13. The highest BCUT2D eigenvalue weighted by Crippen LogP contribution is 2.23. The highest BCUT2D eigenvalue weighted by molar-refractivity contribution is 6.33. The molecule has 0 fully saturated rings. The molecule has 3 nitrogen and oxygen atoms in total. The number of amides is 1. The van der Waals surface area contributed by atoms with Crippen LogP contribution < -0.4 is 5.73 Å². The van der Waals surface area contributed by atoms with Crippen LogP contribution >= 0.6 is 11.6 Å². The molecule has 1 aromatic rings. The molecule has 82 valence electrons. The largest absolute Gasteiger partial charge is 0.397 e. The second-order valence-electron chi connectivity index (χ2n) is 3.43. The number of carbonyl (C=O) groups is 1. The molecule has 15 heavy (non-hydrogen) atoms. The number of nitrogen functional groups attached to an aromatic ring is 1. The Bertz CT molecular complexity index is 393. The van der Waals surface area contributed by atoms with Crippen LogP contribution in [0.25, 0.3) is 0 Å². The van der Waals surface area contributed by atoms with Gasteiger partial charge in [-0.05, 0) is 17.7 Å². The van der Waals surface area contributed by atoms with Crippen molar-refractivity contribution in [3.63, 3.8) is 0 Å². The lowest BCUT2D eigenvalue weighted by atomic mass is 10.1. The van der Waals surface area contributed by atoms with Crippen LogP contribution in [0.1, 0.15) is 5.56 Å². The molecule has 0 aliphatic carbocycles. The Kier molecular flexibility index (Phi) is 3.52. The zero-order valence-electron chi connectivity index (χ0n) is 8.55.